The molecule has 0 fully saturated rings. The predicted molar refractivity (Wildman–Crippen MR) is 95.6 cm³/mol. The summed E-state index contributed by atoms with van der Waals surface area (Å²) in [6.07, 6.45) is 8.85. The molecule has 0 aliphatic carbocycles. The molecule has 0 heterocycles. The molecule has 0 spiro atoms. The molecular formula is C19H33NO4. The Hall–Kier alpha value is -1.70. The summed E-state index contributed by atoms with van der Waals surface area (Å²) in [5.74, 6) is 4.88. The van der Waals surface area contributed by atoms with Crippen LogP contribution in [0, 0.1) is 11.8 Å². The summed E-state index contributed by atoms with van der Waals surface area (Å²) in [7, 11) is 0. The molecule has 0 rings (SSSR count). The highest BCUT2D eigenvalue weighted by Gasteiger charge is 2.21. The molecule has 138 valence electrons. The molecule has 5 nitrogen and oxygen atoms in total. The van der Waals surface area contributed by atoms with Gasteiger partial charge in [0.15, 0.2) is 6.61 Å². The van der Waals surface area contributed by atoms with E-state index in [4.69, 9.17) is 9.47 Å². The van der Waals surface area contributed by atoms with Gasteiger partial charge in [-0.2, -0.15) is 0 Å². The van der Waals surface area contributed by atoms with Crippen molar-refractivity contribution in [2.24, 2.45) is 0 Å². The van der Waals surface area contributed by atoms with Gasteiger partial charge in [0.2, 0.25) is 0 Å². The first-order chi connectivity index (χ1) is 11.7. The zero-order chi connectivity index (χ0) is 18.0. The molecule has 0 aliphatic rings. The fourth-order valence-corrected chi connectivity index (χ4v) is 2.23. The standard InChI is InChI=1S/C19H33NO4/c1-4-7-9-10-11-12-13-16-23-18(21)17(14-6-3)20-19(22)24-15-8-5-2/h17H,4,6-7,9-16H2,1-3H3,(H,20,22)/t17-/m0/s1. The third kappa shape index (κ3) is 12.8. The molecule has 0 saturated heterocycles. The van der Waals surface area contributed by atoms with Gasteiger partial charge in [0, 0.05) is 0 Å². The van der Waals surface area contributed by atoms with Gasteiger partial charge in [0.25, 0.3) is 0 Å². The molecule has 24 heavy (non-hydrogen) atoms. The summed E-state index contributed by atoms with van der Waals surface area (Å²) in [5, 5.41) is 2.55. The summed E-state index contributed by atoms with van der Waals surface area (Å²) in [4.78, 5) is 23.7. The van der Waals surface area contributed by atoms with Gasteiger partial charge < -0.3 is 14.8 Å². The molecule has 0 aliphatic heterocycles. The molecule has 1 N–H and O–H groups in total. The fraction of sp³-hybridized carbons (Fsp3) is 0.789. The third-order valence-electron chi connectivity index (χ3n) is 3.60. The predicted octanol–water partition coefficient (Wildman–Crippen LogP) is 4.20. The Morgan fingerprint density at radius 3 is 2.25 bits per heavy atom. The van der Waals surface area contributed by atoms with E-state index >= 15 is 0 Å². The minimum atomic E-state index is -0.651. The van der Waals surface area contributed by atoms with Gasteiger partial charge in [-0.15, -0.1) is 5.92 Å². The number of alkyl carbamates (subject to hydrolysis) is 1. The maximum absolute atomic E-state index is 12.1. The van der Waals surface area contributed by atoms with Gasteiger partial charge in [-0.05, 0) is 19.8 Å². The molecule has 0 saturated carbocycles. The van der Waals surface area contributed by atoms with Crippen molar-refractivity contribution in [2.45, 2.75) is 84.6 Å². The van der Waals surface area contributed by atoms with Crippen LogP contribution in [0.1, 0.15) is 78.6 Å². The van der Waals surface area contributed by atoms with Crippen LogP contribution >= 0.6 is 0 Å². The monoisotopic (exact) mass is 339 g/mol. The molecule has 0 aromatic carbocycles. The molecule has 0 radical (unpaired) electrons. The Labute approximate surface area is 146 Å². The SMILES string of the molecule is CC#CCOC(=O)N[C@@H](CCC)C(=O)OCCCCCCCCC. The quantitative estimate of drug-likeness (QED) is 0.310. The average Bonchev–Trinajstić information content (AvgIpc) is 2.57. The van der Waals surface area contributed by atoms with Crippen molar-refractivity contribution >= 4 is 12.1 Å². The van der Waals surface area contributed by atoms with Crippen molar-refractivity contribution in [3.05, 3.63) is 0 Å². The van der Waals surface area contributed by atoms with Gasteiger partial charge in [-0.25, -0.2) is 9.59 Å². The van der Waals surface area contributed by atoms with Crippen LogP contribution in [0.25, 0.3) is 0 Å². The van der Waals surface area contributed by atoms with Crippen molar-refractivity contribution in [2.75, 3.05) is 13.2 Å². The number of hydrogen-bond donors (Lipinski definition) is 1. The average molecular weight is 339 g/mol. The lowest BCUT2D eigenvalue weighted by Gasteiger charge is -2.16. The zero-order valence-electron chi connectivity index (χ0n) is 15.5. The molecule has 0 aromatic rings. The van der Waals surface area contributed by atoms with E-state index in [9.17, 15) is 9.59 Å². The number of unbranched alkanes of at least 4 members (excludes halogenated alkanes) is 6. The first kappa shape index (κ1) is 22.3. The molecule has 0 unspecified atom stereocenters. The van der Waals surface area contributed by atoms with Crippen LogP contribution in [0.4, 0.5) is 4.79 Å². The van der Waals surface area contributed by atoms with Gasteiger partial charge in [0.1, 0.15) is 6.04 Å². The minimum Gasteiger partial charge on any atom is -0.464 e. The van der Waals surface area contributed by atoms with E-state index in [0.717, 1.165) is 19.3 Å². The number of carbonyl (C=O) groups excluding carboxylic acids is 2. The van der Waals surface area contributed by atoms with E-state index < -0.39 is 12.1 Å². The maximum Gasteiger partial charge on any atom is 0.408 e. The van der Waals surface area contributed by atoms with Crippen molar-refractivity contribution in [3.8, 4) is 11.8 Å². The molecular weight excluding hydrogens is 306 g/mol. The number of esters is 1. The van der Waals surface area contributed by atoms with E-state index in [0.29, 0.717) is 13.0 Å². The number of rotatable bonds is 13. The summed E-state index contributed by atoms with van der Waals surface area (Å²) >= 11 is 0. The van der Waals surface area contributed by atoms with E-state index in [1.165, 1.54) is 32.1 Å². The lowest BCUT2D eigenvalue weighted by molar-refractivity contribution is -0.146. The second kappa shape index (κ2) is 16.2. The lowest BCUT2D eigenvalue weighted by Crippen LogP contribution is -2.42. The van der Waals surface area contributed by atoms with Crippen molar-refractivity contribution in [1.29, 1.82) is 0 Å². The van der Waals surface area contributed by atoms with E-state index in [2.05, 4.69) is 24.1 Å². The van der Waals surface area contributed by atoms with E-state index in [-0.39, 0.29) is 12.6 Å². The Morgan fingerprint density at radius 1 is 0.958 bits per heavy atom. The largest absolute Gasteiger partial charge is 0.464 e. The van der Waals surface area contributed by atoms with Gasteiger partial charge in [-0.3, -0.25) is 0 Å². The highest BCUT2D eigenvalue weighted by atomic mass is 16.6. The highest BCUT2D eigenvalue weighted by molar-refractivity contribution is 5.81. The topological polar surface area (TPSA) is 64.6 Å². The van der Waals surface area contributed by atoms with Crippen LogP contribution in [0.15, 0.2) is 0 Å². The van der Waals surface area contributed by atoms with Crippen LogP contribution in [-0.2, 0) is 14.3 Å². The number of ether oxygens (including phenoxy) is 2. The molecule has 1 atom stereocenters. The van der Waals surface area contributed by atoms with Crippen molar-refractivity contribution < 1.29 is 19.1 Å². The highest BCUT2D eigenvalue weighted by Crippen LogP contribution is 2.07. The van der Waals surface area contributed by atoms with Gasteiger partial charge in [-0.1, -0.05) is 64.7 Å². The van der Waals surface area contributed by atoms with Crippen molar-refractivity contribution in [3.63, 3.8) is 0 Å². The summed E-state index contributed by atoms with van der Waals surface area (Å²) in [5.41, 5.74) is 0. The number of hydrogen-bond acceptors (Lipinski definition) is 4. The molecule has 0 bridgehead atoms. The minimum absolute atomic E-state index is 0.0221. The zero-order valence-corrected chi connectivity index (χ0v) is 15.5. The maximum atomic E-state index is 12.1. The van der Waals surface area contributed by atoms with Crippen LogP contribution < -0.4 is 5.32 Å². The number of carbonyl (C=O) groups is 2. The van der Waals surface area contributed by atoms with Crippen molar-refractivity contribution in [1.82, 2.24) is 5.32 Å². The third-order valence-corrected chi connectivity index (χ3v) is 3.60. The second-order valence-corrected chi connectivity index (χ2v) is 5.78. The molecule has 1 amide bonds. The first-order valence-electron chi connectivity index (χ1n) is 9.15. The lowest BCUT2D eigenvalue weighted by atomic mass is 10.1. The smallest absolute Gasteiger partial charge is 0.408 e. The first-order valence-corrected chi connectivity index (χ1v) is 9.15. The van der Waals surface area contributed by atoms with Crippen LogP contribution in [0.3, 0.4) is 0 Å². The number of nitrogens with one attached hydrogen (secondary N) is 1. The normalized spacial score (nSPS) is 11.1. The Kier molecular flexibility index (Phi) is 15.0. The van der Waals surface area contributed by atoms with E-state index in [1.807, 2.05) is 6.92 Å². The summed E-state index contributed by atoms with van der Waals surface area (Å²) < 4.78 is 10.1. The Balaban J connectivity index is 3.93. The van der Waals surface area contributed by atoms with Crippen LogP contribution in [0.2, 0.25) is 0 Å². The summed E-state index contributed by atoms with van der Waals surface area (Å²) in [6.45, 7) is 6.25. The van der Waals surface area contributed by atoms with Crippen LogP contribution in [0.5, 0.6) is 0 Å². The second-order valence-electron chi connectivity index (χ2n) is 5.78. The summed E-state index contributed by atoms with van der Waals surface area (Å²) in [6, 6.07) is -0.651. The van der Waals surface area contributed by atoms with Crippen LogP contribution in [-0.4, -0.2) is 31.3 Å². The van der Waals surface area contributed by atoms with E-state index in [1.54, 1.807) is 6.92 Å². The Morgan fingerprint density at radius 2 is 1.62 bits per heavy atom. The fourth-order valence-electron chi connectivity index (χ4n) is 2.23. The van der Waals surface area contributed by atoms with Gasteiger partial charge >= 0.3 is 12.1 Å². The molecule has 5 heteroatoms. The van der Waals surface area contributed by atoms with Gasteiger partial charge in [0.05, 0.1) is 6.61 Å². The number of amides is 1. The molecule has 0 aromatic heterocycles. The Bertz CT molecular complexity index is 398.